The number of hydrogen-bond donors (Lipinski definition) is 1. The van der Waals surface area contributed by atoms with Crippen molar-refractivity contribution in [3.8, 4) is 12.3 Å². The Kier molecular flexibility index (Phi) is 5.48. The Bertz CT molecular complexity index is 579. The minimum absolute atomic E-state index is 0.0809. The van der Waals surface area contributed by atoms with E-state index in [1.807, 2.05) is 6.92 Å². The zero-order valence-corrected chi connectivity index (χ0v) is 11.6. The molecule has 2 N–H and O–H groups in total. The lowest BCUT2D eigenvalue weighted by Gasteiger charge is -2.19. The number of benzene rings is 1. The van der Waals surface area contributed by atoms with Gasteiger partial charge in [-0.1, -0.05) is 18.9 Å². The van der Waals surface area contributed by atoms with Crippen molar-refractivity contribution in [1.82, 2.24) is 4.31 Å². The normalized spacial score (nSPS) is 11.5. The molecule has 1 aromatic rings. The van der Waals surface area contributed by atoms with Crippen molar-refractivity contribution in [2.75, 3.05) is 13.1 Å². The molecule has 0 saturated carbocycles. The third kappa shape index (κ3) is 3.53. The number of rotatable bonds is 6. The summed E-state index contributed by atoms with van der Waals surface area (Å²) in [5.41, 5.74) is 6.00. The van der Waals surface area contributed by atoms with Gasteiger partial charge in [0.05, 0.1) is 6.54 Å². The van der Waals surface area contributed by atoms with Gasteiger partial charge in [0.1, 0.15) is 10.7 Å². The van der Waals surface area contributed by atoms with Crippen LogP contribution in [0, 0.1) is 18.2 Å². The van der Waals surface area contributed by atoms with Gasteiger partial charge in [-0.15, -0.1) is 6.42 Å². The van der Waals surface area contributed by atoms with E-state index in [1.165, 1.54) is 12.1 Å². The summed E-state index contributed by atoms with van der Waals surface area (Å²) in [5, 5.41) is 0. The van der Waals surface area contributed by atoms with E-state index < -0.39 is 15.8 Å². The number of nitrogens with two attached hydrogens (primary N) is 1. The second-order valence-corrected chi connectivity index (χ2v) is 5.92. The van der Waals surface area contributed by atoms with Crippen LogP contribution in [0.3, 0.4) is 0 Å². The summed E-state index contributed by atoms with van der Waals surface area (Å²) in [7, 11) is -3.93. The van der Waals surface area contributed by atoms with Crippen LogP contribution in [0.4, 0.5) is 4.39 Å². The van der Waals surface area contributed by atoms with Crippen molar-refractivity contribution >= 4 is 10.0 Å². The van der Waals surface area contributed by atoms with Crippen LogP contribution < -0.4 is 5.73 Å². The standard InChI is InChI=1S/C13H17FN2O2S/c1-3-7-16(8-4-2)19(17,18)13-9-11(10-15)5-6-12(13)14/h1,5-6,9H,4,7-8,10,15H2,2H3. The van der Waals surface area contributed by atoms with Gasteiger partial charge in [-0.2, -0.15) is 4.31 Å². The molecule has 6 heteroatoms. The maximum absolute atomic E-state index is 13.7. The fourth-order valence-corrected chi connectivity index (χ4v) is 3.21. The molecule has 19 heavy (non-hydrogen) atoms. The average Bonchev–Trinajstić information content (AvgIpc) is 2.39. The van der Waals surface area contributed by atoms with E-state index in [9.17, 15) is 12.8 Å². The number of hydrogen-bond acceptors (Lipinski definition) is 3. The Morgan fingerprint density at radius 1 is 1.47 bits per heavy atom. The zero-order chi connectivity index (χ0) is 14.5. The monoisotopic (exact) mass is 284 g/mol. The Hall–Kier alpha value is -1.42. The molecule has 0 heterocycles. The predicted molar refractivity (Wildman–Crippen MR) is 72.2 cm³/mol. The van der Waals surface area contributed by atoms with Crippen LogP contribution in [0.15, 0.2) is 23.1 Å². The topological polar surface area (TPSA) is 63.4 Å². The Labute approximate surface area is 113 Å². The first-order valence-electron chi connectivity index (χ1n) is 5.89. The number of halogens is 1. The maximum Gasteiger partial charge on any atom is 0.246 e. The average molecular weight is 284 g/mol. The van der Waals surface area contributed by atoms with E-state index in [1.54, 1.807) is 0 Å². The van der Waals surface area contributed by atoms with E-state index in [0.29, 0.717) is 12.0 Å². The molecule has 0 unspecified atom stereocenters. The van der Waals surface area contributed by atoms with Gasteiger partial charge >= 0.3 is 0 Å². The van der Waals surface area contributed by atoms with E-state index in [2.05, 4.69) is 5.92 Å². The molecule has 0 saturated heterocycles. The van der Waals surface area contributed by atoms with E-state index in [4.69, 9.17) is 12.2 Å². The lowest BCUT2D eigenvalue weighted by molar-refractivity contribution is 0.440. The lowest BCUT2D eigenvalue weighted by Crippen LogP contribution is -2.32. The first-order valence-corrected chi connectivity index (χ1v) is 7.33. The van der Waals surface area contributed by atoms with Gasteiger partial charge < -0.3 is 5.73 Å². The summed E-state index contributed by atoms with van der Waals surface area (Å²) in [6, 6.07) is 3.82. The first-order chi connectivity index (χ1) is 8.97. The summed E-state index contributed by atoms with van der Waals surface area (Å²) in [6.07, 6.45) is 5.76. The lowest BCUT2D eigenvalue weighted by atomic mass is 10.2. The van der Waals surface area contributed by atoms with Gasteiger partial charge in [0.2, 0.25) is 10.0 Å². The highest BCUT2D eigenvalue weighted by atomic mass is 32.2. The highest BCUT2D eigenvalue weighted by molar-refractivity contribution is 7.89. The molecule has 4 nitrogen and oxygen atoms in total. The summed E-state index contributed by atoms with van der Waals surface area (Å²) >= 11 is 0. The molecule has 0 aromatic heterocycles. The van der Waals surface area contributed by atoms with Gasteiger partial charge in [-0.05, 0) is 24.1 Å². The van der Waals surface area contributed by atoms with Gasteiger partial charge in [-0.3, -0.25) is 0 Å². The molecule has 104 valence electrons. The molecule has 1 aromatic carbocycles. The third-order valence-corrected chi connectivity index (χ3v) is 4.45. The summed E-state index contributed by atoms with van der Waals surface area (Å²) in [4.78, 5) is -0.376. The predicted octanol–water partition coefficient (Wildman–Crippen LogP) is 1.32. The molecule has 0 spiro atoms. The fraction of sp³-hybridized carbons (Fsp3) is 0.385. The van der Waals surface area contributed by atoms with E-state index in [-0.39, 0.29) is 24.5 Å². The SMILES string of the molecule is C#CCN(CCC)S(=O)(=O)c1cc(CN)ccc1F. The van der Waals surface area contributed by atoms with Crippen LogP contribution in [0.2, 0.25) is 0 Å². The van der Waals surface area contributed by atoms with Crippen LogP contribution in [0.5, 0.6) is 0 Å². The number of nitrogens with zero attached hydrogens (tertiary/aromatic N) is 1. The van der Waals surface area contributed by atoms with Crippen molar-refractivity contribution in [1.29, 1.82) is 0 Å². The van der Waals surface area contributed by atoms with Crippen LogP contribution in [-0.2, 0) is 16.6 Å². The second-order valence-electron chi connectivity index (χ2n) is 4.01. The molecule has 0 aliphatic carbocycles. The molecule has 0 aliphatic rings. The molecule has 0 atom stereocenters. The number of sulfonamides is 1. The van der Waals surface area contributed by atoms with Gasteiger partial charge in [0.25, 0.3) is 0 Å². The van der Waals surface area contributed by atoms with Crippen LogP contribution in [-0.4, -0.2) is 25.8 Å². The molecule has 0 amide bonds. The molecule has 0 fully saturated rings. The summed E-state index contributed by atoms with van der Waals surface area (Å²) < 4.78 is 39.5. The largest absolute Gasteiger partial charge is 0.326 e. The summed E-state index contributed by atoms with van der Waals surface area (Å²) in [5.74, 6) is 1.48. The van der Waals surface area contributed by atoms with Crippen molar-refractivity contribution in [3.63, 3.8) is 0 Å². The number of terminal acetylenes is 1. The van der Waals surface area contributed by atoms with Crippen LogP contribution in [0.1, 0.15) is 18.9 Å². The first kappa shape index (κ1) is 15.6. The Morgan fingerprint density at radius 3 is 2.68 bits per heavy atom. The molecule has 0 aliphatic heterocycles. The van der Waals surface area contributed by atoms with E-state index in [0.717, 1.165) is 10.4 Å². The highest BCUT2D eigenvalue weighted by Gasteiger charge is 2.26. The molecular weight excluding hydrogens is 267 g/mol. The minimum atomic E-state index is -3.93. The van der Waals surface area contributed by atoms with Crippen molar-refractivity contribution in [2.24, 2.45) is 5.73 Å². The Morgan fingerprint density at radius 2 is 2.16 bits per heavy atom. The van der Waals surface area contributed by atoms with Gasteiger partial charge in [0.15, 0.2) is 0 Å². The highest BCUT2D eigenvalue weighted by Crippen LogP contribution is 2.20. The molecular formula is C13H17FN2O2S. The molecule has 0 radical (unpaired) electrons. The minimum Gasteiger partial charge on any atom is -0.326 e. The van der Waals surface area contributed by atoms with Crippen molar-refractivity contribution < 1.29 is 12.8 Å². The zero-order valence-electron chi connectivity index (χ0n) is 10.8. The maximum atomic E-state index is 13.7. The third-order valence-electron chi connectivity index (χ3n) is 2.59. The molecule has 0 bridgehead atoms. The van der Waals surface area contributed by atoms with Gasteiger partial charge in [0, 0.05) is 13.1 Å². The van der Waals surface area contributed by atoms with Crippen molar-refractivity contribution in [3.05, 3.63) is 29.6 Å². The van der Waals surface area contributed by atoms with Crippen molar-refractivity contribution in [2.45, 2.75) is 24.8 Å². The smallest absolute Gasteiger partial charge is 0.246 e. The second kappa shape index (κ2) is 6.66. The fourth-order valence-electron chi connectivity index (χ4n) is 1.65. The Balaban J connectivity index is 3.28. The molecule has 1 rings (SSSR count). The van der Waals surface area contributed by atoms with Crippen LogP contribution in [0.25, 0.3) is 0 Å². The summed E-state index contributed by atoms with van der Waals surface area (Å²) in [6.45, 7) is 2.14. The van der Waals surface area contributed by atoms with Crippen LogP contribution >= 0.6 is 0 Å². The quantitative estimate of drug-likeness (QED) is 0.801. The van der Waals surface area contributed by atoms with E-state index >= 15 is 0 Å². The van der Waals surface area contributed by atoms with Gasteiger partial charge in [-0.25, -0.2) is 12.8 Å².